The van der Waals surface area contributed by atoms with E-state index in [0.29, 0.717) is 11.8 Å². The minimum Gasteiger partial charge on any atom is -0.380 e. The number of rotatable bonds is 0. The maximum Gasteiger partial charge on any atom is 0.715 e. The fourth-order valence-corrected chi connectivity index (χ4v) is 8.16. The normalized spacial score (nSPS) is 28.2. The highest BCUT2D eigenvalue weighted by Gasteiger charge is 2.73. The molecule has 0 saturated heterocycles. The topological polar surface area (TPSA) is 48.5 Å². The molecule has 6 heterocycles. The molecule has 6 nitrogen and oxygen atoms in total. The third-order valence-corrected chi connectivity index (χ3v) is 9.50. The van der Waals surface area contributed by atoms with Crippen LogP contribution in [0.5, 0.6) is 11.5 Å². The van der Waals surface area contributed by atoms with E-state index >= 15 is 0 Å². The van der Waals surface area contributed by atoms with E-state index in [1.807, 2.05) is 0 Å². The number of thiophene rings is 1. The van der Waals surface area contributed by atoms with Crippen molar-refractivity contribution in [1.29, 1.82) is 0 Å². The van der Waals surface area contributed by atoms with E-state index in [2.05, 4.69) is 109 Å². The van der Waals surface area contributed by atoms with Crippen LogP contribution >= 0.6 is 11.3 Å². The molecular formula is C31H34N4O2S+2. The number of nitrogens with one attached hydrogen (secondary N) is 2. The van der Waals surface area contributed by atoms with Crippen molar-refractivity contribution in [3.63, 3.8) is 0 Å². The summed E-state index contributed by atoms with van der Waals surface area (Å²) in [6.07, 6.45) is 6.60. The lowest BCUT2D eigenvalue weighted by molar-refractivity contribution is -0.831. The lowest BCUT2D eigenvalue weighted by Gasteiger charge is -2.38. The van der Waals surface area contributed by atoms with Crippen LogP contribution in [-0.4, -0.2) is 38.7 Å². The summed E-state index contributed by atoms with van der Waals surface area (Å²) in [5.74, 6) is 2.61. The summed E-state index contributed by atoms with van der Waals surface area (Å²) in [4.78, 5) is 0. The molecule has 8 rings (SSSR count). The van der Waals surface area contributed by atoms with Crippen LogP contribution < -0.4 is 20.1 Å². The Morgan fingerprint density at radius 3 is 1.63 bits per heavy atom. The van der Waals surface area contributed by atoms with Crippen molar-refractivity contribution in [2.75, 3.05) is 10.6 Å². The van der Waals surface area contributed by atoms with Crippen LogP contribution in [0.3, 0.4) is 0 Å². The van der Waals surface area contributed by atoms with Gasteiger partial charge < -0.3 is 20.1 Å². The molecule has 2 aromatic carbocycles. The number of benzene rings is 2. The second-order valence-corrected chi connectivity index (χ2v) is 13.8. The number of ether oxygens (including phenoxy) is 2. The van der Waals surface area contributed by atoms with Gasteiger partial charge in [0.25, 0.3) is 0 Å². The smallest absolute Gasteiger partial charge is 0.380 e. The van der Waals surface area contributed by atoms with Crippen molar-refractivity contribution in [3.05, 3.63) is 57.3 Å². The molecular weight excluding hydrogens is 492 g/mol. The van der Waals surface area contributed by atoms with E-state index in [4.69, 9.17) is 9.47 Å². The van der Waals surface area contributed by atoms with E-state index in [0.717, 1.165) is 58.2 Å². The van der Waals surface area contributed by atoms with Crippen molar-refractivity contribution in [3.8, 4) is 11.5 Å². The molecule has 5 aliphatic rings. The van der Waals surface area contributed by atoms with E-state index < -0.39 is 6.03 Å². The minimum atomic E-state index is -1.13. The summed E-state index contributed by atoms with van der Waals surface area (Å²) in [7, 11) is 0. The molecule has 3 aromatic rings. The molecule has 194 valence electrons. The lowest BCUT2D eigenvalue weighted by Crippen LogP contribution is -2.58. The summed E-state index contributed by atoms with van der Waals surface area (Å²) >= 11 is 1.70. The Hall–Kier alpha value is -3.32. The van der Waals surface area contributed by atoms with Crippen molar-refractivity contribution in [2.45, 2.75) is 83.3 Å². The predicted octanol–water partition coefficient (Wildman–Crippen LogP) is 7.08. The Morgan fingerprint density at radius 1 is 0.737 bits per heavy atom. The number of hydrogen-bond acceptors (Lipinski definition) is 5. The molecule has 0 saturated carbocycles. The highest BCUT2D eigenvalue weighted by molar-refractivity contribution is 7.08. The molecule has 1 aromatic heterocycles. The second-order valence-electron chi connectivity index (χ2n) is 13.1. The summed E-state index contributed by atoms with van der Waals surface area (Å²) < 4.78 is 18.2. The van der Waals surface area contributed by atoms with E-state index in [9.17, 15) is 0 Å². The van der Waals surface area contributed by atoms with Crippen LogP contribution in [0.1, 0.15) is 88.5 Å². The minimum absolute atomic E-state index is 0.0394. The first-order valence-corrected chi connectivity index (χ1v) is 14.6. The molecule has 2 atom stereocenters. The monoisotopic (exact) mass is 526 g/mol. The molecule has 1 spiro atoms. The zero-order valence-corrected chi connectivity index (χ0v) is 23.6. The van der Waals surface area contributed by atoms with Gasteiger partial charge in [-0.25, -0.2) is 0 Å². The third kappa shape index (κ3) is 2.99. The van der Waals surface area contributed by atoms with Crippen molar-refractivity contribution >= 4 is 46.5 Å². The summed E-state index contributed by atoms with van der Waals surface area (Å²) in [5.41, 5.74) is 9.44. The molecule has 0 aliphatic carbocycles. The van der Waals surface area contributed by atoms with Crippen molar-refractivity contribution in [1.82, 2.24) is 0 Å². The van der Waals surface area contributed by atoms with Gasteiger partial charge in [0, 0.05) is 34.6 Å². The molecule has 2 unspecified atom stereocenters. The van der Waals surface area contributed by atoms with Gasteiger partial charge in [-0.15, -0.1) is 11.3 Å². The summed E-state index contributed by atoms with van der Waals surface area (Å²) in [6.45, 7) is 13.7. The molecule has 7 heteroatoms. The molecule has 0 radical (unpaired) electrons. The molecule has 0 amide bonds. The van der Waals surface area contributed by atoms with Crippen LogP contribution in [0.4, 0.5) is 22.7 Å². The Balaban J connectivity index is 1.30. The molecule has 0 bridgehead atoms. The number of hydrogen-bond donors (Lipinski definition) is 2. The van der Waals surface area contributed by atoms with Gasteiger partial charge in [-0.05, 0) is 84.8 Å². The van der Waals surface area contributed by atoms with E-state index in [1.54, 1.807) is 11.3 Å². The SMILES string of the molecule is CC1CC(C)(C)Nc2cc3c(cc21)C=[N+]1c2cscc2[N+]2=Cc4cc5c(cc4OC12O3)NC(C)(C)CC5C. The van der Waals surface area contributed by atoms with Crippen LogP contribution in [0.25, 0.3) is 0 Å². The van der Waals surface area contributed by atoms with Gasteiger partial charge >= 0.3 is 17.4 Å². The van der Waals surface area contributed by atoms with Gasteiger partial charge in [-0.3, -0.25) is 0 Å². The quantitative estimate of drug-likeness (QED) is 0.307. The number of anilines is 2. The largest absolute Gasteiger partial charge is 0.715 e. The van der Waals surface area contributed by atoms with E-state index in [1.165, 1.54) is 11.1 Å². The fraction of sp³-hybridized carbons (Fsp3) is 0.419. The summed E-state index contributed by atoms with van der Waals surface area (Å²) in [5, 5.41) is 11.9. The highest BCUT2D eigenvalue weighted by atomic mass is 32.1. The highest BCUT2D eigenvalue weighted by Crippen LogP contribution is 2.52. The molecule has 0 fully saturated rings. The van der Waals surface area contributed by atoms with Gasteiger partial charge in [0.15, 0.2) is 23.9 Å². The lowest BCUT2D eigenvalue weighted by atomic mass is 9.81. The first-order valence-electron chi connectivity index (χ1n) is 13.7. The standard InChI is InChI=1S/C31H32N4O2S/c1-17-11-29(3,4)32-23-9-27-19(7-21(17)23)13-34-25-15-38-16-26(25)35-14-20-8-22-18(2)12-30(5,6)33-24(22)10-28(20)37-31(34,35)36-27/h7-10,13-18H,11-12H2,1-6H3/p+2. The van der Waals surface area contributed by atoms with Crippen LogP contribution in [0.2, 0.25) is 0 Å². The van der Waals surface area contributed by atoms with Gasteiger partial charge in [0.1, 0.15) is 0 Å². The van der Waals surface area contributed by atoms with Gasteiger partial charge in [0.2, 0.25) is 0 Å². The Kier molecular flexibility index (Phi) is 4.17. The third-order valence-electron chi connectivity index (χ3n) is 8.78. The second kappa shape index (κ2) is 7.00. The molecule has 2 N–H and O–H groups in total. The van der Waals surface area contributed by atoms with E-state index in [-0.39, 0.29) is 11.1 Å². The Labute approximate surface area is 227 Å². The number of fused-ring (bicyclic) bond motifs is 7. The van der Waals surface area contributed by atoms with Gasteiger partial charge in [-0.2, -0.15) is 0 Å². The Morgan fingerprint density at radius 2 is 1.18 bits per heavy atom. The zero-order valence-electron chi connectivity index (χ0n) is 22.8. The van der Waals surface area contributed by atoms with Crippen LogP contribution in [0, 0.1) is 0 Å². The van der Waals surface area contributed by atoms with Crippen molar-refractivity contribution < 1.29 is 18.6 Å². The first kappa shape index (κ1) is 22.6. The maximum atomic E-state index is 6.93. The summed E-state index contributed by atoms with van der Waals surface area (Å²) in [6, 6.07) is 7.80. The Bertz CT molecular complexity index is 1510. The average molecular weight is 527 g/mol. The average Bonchev–Trinajstić information content (AvgIpc) is 3.37. The van der Waals surface area contributed by atoms with Crippen LogP contribution in [0.15, 0.2) is 35.0 Å². The fourth-order valence-electron chi connectivity index (χ4n) is 7.37. The molecule has 38 heavy (non-hydrogen) atoms. The van der Waals surface area contributed by atoms with Gasteiger partial charge in [0.05, 0.1) is 21.9 Å². The maximum absolute atomic E-state index is 6.93. The zero-order chi connectivity index (χ0) is 26.2. The van der Waals surface area contributed by atoms with Gasteiger partial charge in [-0.1, -0.05) is 13.8 Å². The number of nitrogens with zero attached hydrogens (tertiary/aromatic N) is 2. The first-order chi connectivity index (χ1) is 18.0. The molecule has 5 aliphatic heterocycles. The predicted molar refractivity (Wildman–Crippen MR) is 153 cm³/mol. The van der Waals surface area contributed by atoms with Crippen LogP contribution in [-0.2, 0) is 0 Å². The van der Waals surface area contributed by atoms with Crippen molar-refractivity contribution in [2.24, 2.45) is 0 Å².